The number of methoxy groups -OCH3 is 1. The number of ether oxygens (including phenoxy) is 3. The fraction of sp³-hybridized carbons (Fsp3) is 0.294. The number of rotatable bonds is 7. The average Bonchev–Trinajstić information content (AvgIpc) is 2.52. The minimum Gasteiger partial charge on any atom is -0.493 e. The molecule has 0 saturated carbocycles. The van der Waals surface area contributed by atoms with Crippen LogP contribution in [0.2, 0.25) is 0 Å². The SMILES string of the molecule is COc1cc([C@H](C)N)ccc1OCCOc1ccccc1. The highest BCUT2D eigenvalue weighted by Crippen LogP contribution is 2.29. The standard InChI is InChI=1S/C17H21NO3/c1-13(18)14-8-9-16(17(12-14)19-2)21-11-10-20-15-6-4-3-5-7-15/h3-9,12-13H,10-11,18H2,1-2H3/t13-/m0/s1. The molecule has 1 atom stereocenters. The highest BCUT2D eigenvalue weighted by Gasteiger charge is 2.08. The van der Waals surface area contributed by atoms with Crippen LogP contribution >= 0.6 is 0 Å². The van der Waals surface area contributed by atoms with Crippen molar-refractivity contribution in [1.82, 2.24) is 0 Å². The van der Waals surface area contributed by atoms with Crippen molar-refractivity contribution in [1.29, 1.82) is 0 Å². The van der Waals surface area contributed by atoms with Crippen LogP contribution in [0.5, 0.6) is 17.2 Å². The van der Waals surface area contributed by atoms with E-state index in [1.165, 1.54) is 0 Å². The Morgan fingerprint density at radius 2 is 1.67 bits per heavy atom. The van der Waals surface area contributed by atoms with Crippen LogP contribution in [0.4, 0.5) is 0 Å². The number of para-hydroxylation sites is 1. The highest BCUT2D eigenvalue weighted by atomic mass is 16.5. The molecule has 0 aliphatic rings. The van der Waals surface area contributed by atoms with Gasteiger partial charge in [0.05, 0.1) is 7.11 Å². The first-order valence-electron chi connectivity index (χ1n) is 6.95. The smallest absolute Gasteiger partial charge is 0.161 e. The molecule has 0 amide bonds. The highest BCUT2D eigenvalue weighted by molar-refractivity contribution is 5.43. The normalized spacial score (nSPS) is 11.8. The Morgan fingerprint density at radius 1 is 0.952 bits per heavy atom. The lowest BCUT2D eigenvalue weighted by molar-refractivity contribution is 0.211. The predicted octanol–water partition coefficient (Wildman–Crippen LogP) is 3.17. The van der Waals surface area contributed by atoms with Gasteiger partial charge >= 0.3 is 0 Å². The maximum absolute atomic E-state index is 5.86. The van der Waals surface area contributed by atoms with Gasteiger partial charge in [-0.2, -0.15) is 0 Å². The van der Waals surface area contributed by atoms with Crippen molar-refractivity contribution in [2.75, 3.05) is 20.3 Å². The maximum atomic E-state index is 5.86. The third-order valence-electron chi connectivity index (χ3n) is 3.07. The third-order valence-corrected chi connectivity index (χ3v) is 3.07. The van der Waals surface area contributed by atoms with Crippen molar-refractivity contribution >= 4 is 0 Å². The van der Waals surface area contributed by atoms with E-state index in [9.17, 15) is 0 Å². The molecule has 112 valence electrons. The van der Waals surface area contributed by atoms with E-state index >= 15 is 0 Å². The van der Waals surface area contributed by atoms with Crippen LogP contribution in [0.3, 0.4) is 0 Å². The second kappa shape index (κ2) is 7.55. The molecule has 0 aromatic heterocycles. The lowest BCUT2D eigenvalue weighted by atomic mass is 10.1. The lowest BCUT2D eigenvalue weighted by Crippen LogP contribution is -2.10. The summed E-state index contributed by atoms with van der Waals surface area (Å²) in [6.45, 7) is 2.86. The Kier molecular flexibility index (Phi) is 5.46. The second-order valence-corrected chi connectivity index (χ2v) is 4.71. The molecule has 0 saturated heterocycles. The van der Waals surface area contributed by atoms with Gasteiger partial charge in [-0.25, -0.2) is 0 Å². The molecule has 21 heavy (non-hydrogen) atoms. The molecular weight excluding hydrogens is 266 g/mol. The van der Waals surface area contributed by atoms with Crippen LogP contribution in [0.1, 0.15) is 18.5 Å². The number of nitrogens with two attached hydrogens (primary N) is 1. The number of hydrogen-bond acceptors (Lipinski definition) is 4. The van der Waals surface area contributed by atoms with Crippen molar-refractivity contribution in [3.05, 3.63) is 54.1 Å². The predicted molar refractivity (Wildman–Crippen MR) is 83.0 cm³/mol. The molecule has 0 radical (unpaired) electrons. The first kappa shape index (κ1) is 15.2. The van der Waals surface area contributed by atoms with E-state index in [1.54, 1.807) is 7.11 Å². The van der Waals surface area contributed by atoms with Crippen LogP contribution in [0, 0.1) is 0 Å². The van der Waals surface area contributed by atoms with Crippen molar-refractivity contribution in [2.45, 2.75) is 13.0 Å². The Balaban J connectivity index is 1.88. The summed E-state index contributed by atoms with van der Waals surface area (Å²) in [5, 5.41) is 0. The molecular formula is C17H21NO3. The zero-order valence-electron chi connectivity index (χ0n) is 12.4. The second-order valence-electron chi connectivity index (χ2n) is 4.71. The molecule has 0 fully saturated rings. The van der Waals surface area contributed by atoms with Crippen molar-refractivity contribution < 1.29 is 14.2 Å². The summed E-state index contributed by atoms with van der Waals surface area (Å²) >= 11 is 0. The maximum Gasteiger partial charge on any atom is 0.161 e. The summed E-state index contributed by atoms with van der Waals surface area (Å²) in [5.74, 6) is 2.21. The van der Waals surface area contributed by atoms with Crippen LogP contribution in [0.15, 0.2) is 48.5 Å². The van der Waals surface area contributed by atoms with E-state index in [2.05, 4.69) is 0 Å². The molecule has 0 aliphatic carbocycles. The zero-order valence-corrected chi connectivity index (χ0v) is 12.4. The van der Waals surface area contributed by atoms with Crippen molar-refractivity contribution in [3.63, 3.8) is 0 Å². The first-order valence-corrected chi connectivity index (χ1v) is 6.95. The quantitative estimate of drug-likeness (QED) is 0.795. The first-order chi connectivity index (χ1) is 10.2. The molecule has 4 nitrogen and oxygen atoms in total. The van der Waals surface area contributed by atoms with Gasteiger partial charge in [-0.15, -0.1) is 0 Å². The number of benzene rings is 2. The van der Waals surface area contributed by atoms with Gasteiger partial charge in [0.15, 0.2) is 11.5 Å². The summed E-state index contributed by atoms with van der Waals surface area (Å²) < 4.78 is 16.6. The van der Waals surface area contributed by atoms with Crippen LogP contribution in [-0.2, 0) is 0 Å². The van der Waals surface area contributed by atoms with Crippen molar-refractivity contribution in [3.8, 4) is 17.2 Å². The molecule has 2 rings (SSSR count). The molecule has 2 N–H and O–H groups in total. The topological polar surface area (TPSA) is 53.7 Å². The molecule has 4 heteroatoms. The summed E-state index contributed by atoms with van der Waals surface area (Å²) in [6, 6.07) is 15.3. The van der Waals surface area contributed by atoms with Gasteiger partial charge in [-0.05, 0) is 36.8 Å². The van der Waals surface area contributed by atoms with Crippen LogP contribution < -0.4 is 19.9 Å². The zero-order chi connectivity index (χ0) is 15.1. The Bertz CT molecular complexity index is 555. The largest absolute Gasteiger partial charge is 0.493 e. The van der Waals surface area contributed by atoms with Crippen molar-refractivity contribution in [2.24, 2.45) is 5.73 Å². The van der Waals surface area contributed by atoms with E-state index in [-0.39, 0.29) is 6.04 Å². The Hall–Kier alpha value is -2.20. The monoisotopic (exact) mass is 287 g/mol. The van der Waals surface area contributed by atoms with Gasteiger partial charge in [-0.3, -0.25) is 0 Å². The van der Waals surface area contributed by atoms with E-state index in [1.807, 2.05) is 55.5 Å². The van der Waals surface area contributed by atoms with Gasteiger partial charge < -0.3 is 19.9 Å². The minimum atomic E-state index is -0.0330. The van der Waals surface area contributed by atoms with E-state index in [4.69, 9.17) is 19.9 Å². The summed E-state index contributed by atoms with van der Waals surface area (Å²) in [4.78, 5) is 0. The van der Waals surface area contributed by atoms with E-state index in [0.717, 1.165) is 11.3 Å². The molecule has 2 aromatic carbocycles. The minimum absolute atomic E-state index is 0.0330. The summed E-state index contributed by atoms with van der Waals surface area (Å²) in [5.41, 5.74) is 6.87. The van der Waals surface area contributed by atoms with Gasteiger partial charge in [0.1, 0.15) is 19.0 Å². The fourth-order valence-corrected chi connectivity index (χ4v) is 1.91. The Labute approximate surface area is 125 Å². The van der Waals surface area contributed by atoms with Gasteiger partial charge in [0.2, 0.25) is 0 Å². The van der Waals surface area contributed by atoms with E-state index < -0.39 is 0 Å². The molecule has 0 bridgehead atoms. The molecule has 0 heterocycles. The Morgan fingerprint density at radius 3 is 2.33 bits per heavy atom. The lowest BCUT2D eigenvalue weighted by Gasteiger charge is -2.14. The molecule has 2 aromatic rings. The molecule has 0 aliphatic heterocycles. The average molecular weight is 287 g/mol. The number of hydrogen-bond donors (Lipinski definition) is 1. The van der Waals surface area contributed by atoms with Gasteiger partial charge in [0.25, 0.3) is 0 Å². The summed E-state index contributed by atoms with van der Waals surface area (Å²) in [6.07, 6.45) is 0. The van der Waals surface area contributed by atoms with Gasteiger partial charge in [0, 0.05) is 6.04 Å². The van der Waals surface area contributed by atoms with Crippen LogP contribution in [-0.4, -0.2) is 20.3 Å². The molecule has 0 unspecified atom stereocenters. The summed E-state index contributed by atoms with van der Waals surface area (Å²) in [7, 11) is 1.62. The molecule has 0 spiro atoms. The fourth-order valence-electron chi connectivity index (χ4n) is 1.91. The van der Waals surface area contributed by atoms with Gasteiger partial charge in [-0.1, -0.05) is 24.3 Å². The van der Waals surface area contributed by atoms with Crippen LogP contribution in [0.25, 0.3) is 0 Å². The van der Waals surface area contributed by atoms with E-state index in [0.29, 0.717) is 24.7 Å². The third kappa shape index (κ3) is 4.39.